The fraction of sp³-hybridized carbons (Fsp3) is 0.0476. The van der Waals surface area contributed by atoms with E-state index in [1.807, 2.05) is 48.5 Å². The molecule has 0 heterocycles. The average Bonchev–Trinajstić information content (AvgIpc) is 2.69. The van der Waals surface area contributed by atoms with E-state index >= 15 is 0 Å². The third kappa shape index (κ3) is 4.54. The van der Waals surface area contributed by atoms with Gasteiger partial charge < -0.3 is 4.74 Å². The molecule has 0 aliphatic heterocycles. The zero-order valence-corrected chi connectivity index (χ0v) is 13.9. The van der Waals surface area contributed by atoms with E-state index in [1.54, 1.807) is 24.3 Å². The highest BCUT2D eigenvalue weighted by atomic mass is 19.1. The lowest BCUT2D eigenvalue weighted by atomic mass is 10.1. The Morgan fingerprint density at radius 1 is 0.962 bits per heavy atom. The normalized spacial score (nSPS) is 10.7. The van der Waals surface area contributed by atoms with Crippen LogP contribution in [0.15, 0.2) is 84.0 Å². The largest absolute Gasteiger partial charge is 0.483 e. The van der Waals surface area contributed by atoms with Crippen molar-refractivity contribution in [2.45, 2.75) is 0 Å². The number of benzene rings is 3. The summed E-state index contributed by atoms with van der Waals surface area (Å²) >= 11 is 0. The molecule has 0 unspecified atom stereocenters. The number of hydrogen-bond donors (Lipinski definition) is 1. The second-order valence-corrected chi connectivity index (χ2v) is 5.47. The van der Waals surface area contributed by atoms with Crippen LogP contribution in [-0.2, 0) is 4.79 Å². The van der Waals surface area contributed by atoms with Crippen molar-refractivity contribution in [1.82, 2.24) is 5.43 Å². The summed E-state index contributed by atoms with van der Waals surface area (Å²) in [7, 11) is 0. The van der Waals surface area contributed by atoms with Gasteiger partial charge in [-0.05, 0) is 17.7 Å². The monoisotopic (exact) mass is 348 g/mol. The number of hydrazone groups is 1. The van der Waals surface area contributed by atoms with E-state index in [-0.39, 0.29) is 6.61 Å². The number of hydrogen-bond acceptors (Lipinski definition) is 3. The van der Waals surface area contributed by atoms with Crippen molar-refractivity contribution in [2.75, 3.05) is 6.61 Å². The minimum atomic E-state index is -0.430. The van der Waals surface area contributed by atoms with Crippen molar-refractivity contribution < 1.29 is 13.9 Å². The number of halogens is 1. The van der Waals surface area contributed by atoms with Crippen LogP contribution in [0.1, 0.15) is 5.56 Å². The molecule has 5 heteroatoms. The summed E-state index contributed by atoms with van der Waals surface area (Å²) in [5, 5.41) is 3.75. The van der Waals surface area contributed by atoms with Gasteiger partial charge in [0, 0.05) is 11.1 Å². The molecule has 0 saturated carbocycles. The maximum atomic E-state index is 13.5. The van der Waals surface area contributed by atoms with Crippen LogP contribution in [0.25, 0.3) is 11.1 Å². The van der Waals surface area contributed by atoms with E-state index in [0.29, 0.717) is 11.3 Å². The highest BCUT2D eigenvalue weighted by Crippen LogP contribution is 2.29. The van der Waals surface area contributed by atoms with Crippen LogP contribution in [0.4, 0.5) is 4.39 Å². The van der Waals surface area contributed by atoms with Crippen molar-refractivity contribution >= 4 is 12.1 Å². The summed E-state index contributed by atoms with van der Waals surface area (Å²) in [4.78, 5) is 11.9. The molecule has 0 aliphatic rings. The van der Waals surface area contributed by atoms with Crippen LogP contribution in [0, 0.1) is 5.82 Å². The lowest BCUT2D eigenvalue weighted by molar-refractivity contribution is -0.123. The standard InChI is InChI=1S/C21H17FN2O2/c22-19-12-6-4-10-17(19)14-23-24-21(25)15-26-20-13-7-5-11-18(20)16-8-2-1-3-9-16/h1-14H,15H2,(H,24,25)/b23-14+. The first-order valence-electron chi connectivity index (χ1n) is 8.08. The molecule has 0 radical (unpaired) electrons. The van der Waals surface area contributed by atoms with E-state index < -0.39 is 11.7 Å². The van der Waals surface area contributed by atoms with Crippen LogP contribution in [0.2, 0.25) is 0 Å². The van der Waals surface area contributed by atoms with Crippen LogP contribution in [0.5, 0.6) is 5.75 Å². The predicted octanol–water partition coefficient (Wildman–Crippen LogP) is 4.02. The highest BCUT2D eigenvalue weighted by Gasteiger charge is 2.07. The summed E-state index contributed by atoms with van der Waals surface area (Å²) in [6.45, 7) is -0.196. The molecule has 3 aromatic carbocycles. The van der Waals surface area contributed by atoms with Crippen LogP contribution in [-0.4, -0.2) is 18.7 Å². The SMILES string of the molecule is O=C(COc1ccccc1-c1ccccc1)N/N=C/c1ccccc1F. The first-order chi connectivity index (χ1) is 12.7. The van der Waals surface area contributed by atoms with Crippen molar-refractivity contribution in [3.05, 3.63) is 90.2 Å². The van der Waals surface area contributed by atoms with Gasteiger partial charge in [0.15, 0.2) is 6.61 Å². The Bertz CT molecular complexity index is 911. The lowest BCUT2D eigenvalue weighted by Crippen LogP contribution is -2.24. The number of para-hydroxylation sites is 1. The minimum absolute atomic E-state index is 0.196. The topological polar surface area (TPSA) is 50.7 Å². The number of carbonyl (C=O) groups is 1. The summed E-state index contributed by atoms with van der Waals surface area (Å²) < 4.78 is 19.1. The molecular formula is C21H17FN2O2. The van der Waals surface area contributed by atoms with E-state index in [2.05, 4.69) is 10.5 Å². The fourth-order valence-electron chi connectivity index (χ4n) is 2.38. The van der Waals surface area contributed by atoms with E-state index in [0.717, 1.165) is 11.1 Å². The van der Waals surface area contributed by atoms with Gasteiger partial charge in [0.05, 0.1) is 6.21 Å². The lowest BCUT2D eigenvalue weighted by Gasteiger charge is -2.10. The molecule has 0 atom stereocenters. The molecule has 1 amide bonds. The van der Waals surface area contributed by atoms with Crippen molar-refractivity contribution in [2.24, 2.45) is 5.10 Å². The second kappa shape index (κ2) is 8.58. The Morgan fingerprint density at radius 2 is 1.65 bits per heavy atom. The van der Waals surface area contributed by atoms with E-state index in [1.165, 1.54) is 12.3 Å². The molecule has 3 rings (SSSR count). The van der Waals surface area contributed by atoms with Crippen LogP contribution < -0.4 is 10.2 Å². The Balaban J connectivity index is 1.60. The number of carbonyl (C=O) groups excluding carboxylic acids is 1. The molecule has 0 spiro atoms. The molecule has 0 aliphatic carbocycles. The summed E-state index contributed by atoms with van der Waals surface area (Å²) in [5.41, 5.74) is 4.52. The van der Waals surface area contributed by atoms with Crippen LogP contribution in [0.3, 0.4) is 0 Å². The Kier molecular flexibility index (Phi) is 5.72. The molecule has 4 nitrogen and oxygen atoms in total. The van der Waals surface area contributed by atoms with Gasteiger partial charge >= 0.3 is 0 Å². The smallest absolute Gasteiger partial charge is 0.277 e. The Hall–Kier alpha value is -3.47. The molecule has 26 heavy (non-hydrogen) atoms. The van der Waals surface area contributed by atoms with Crippen molar-refractivity contribution in [1.29, 1.82) is 0 Å². The Morgan fingerprint density at radius 3 is 2.46 bits per heavy atom. The van der Waals surface area contributed by atoms with Crippen molar-refractivity contribution in [3.8, 4) is 16.9 Å². The summed E-state index contributed by atoms with van der Waals surface area (Å²) in [5.74, 6) is -0.231. The van der Waals surface area contributed by atoms with E-state index in [4.69, 9.17) is 4.74 Å². The highest BCUT2D eigenvalue weighted by molar-refractivity contribution is 5.83. The molecule has 0 saturated heterocycles. The van der Waals surface area contributed by atoms with Gasteiger partial charge in [-0.2, -0.15) is 5.10 Å². The third-order valence-corrected chi connectivity index (χ3v) is 3.63. The quantitative estimate of drug-likeness (QED) is 0.540. The third-order valence-electron chi connectivity index (χ3n) is 3.63. The summed E-state index contributed by atoms with van der Waals surface area (Å²) in [6.07, 6.45) is 1.26. The predicted molar refractivity (Wildman–Crippen MR) is 99.5 cm³/mol. The van der Waals surface area contributed by atoms with E-state index in [9.17, 15) is 9.18 Å². The Labute approximate surface area is 150 Å². The molecule has 0 bridgehead atoms. The molecule has 0 aromatic heterocycles. The van der Waals surface area contributed by atoms with Gasteiger partial charge in [-0.25, -0.2) is 9.82 Å². The number of ether oxygens (including phenoxy) is 1. The number of amides is 1. The molecule has 0 fully saturated rings. The maximum absolute atomic E-state index is 13.5. The van der Waals surface area contributed by atoms with Gasteiger partial charge in [-0.15, -0.1) is 0 Å². The zero-order valence-electron chi connectivity index (χ0n) is 13.9. The zero-order chi connectivity index (χ0) is 18.2. The molecule has 3 aromatic rings. The minimum Gasteiger partial charge on any atom is -0.483 e. The second-order valence-electron chi connectivity index (χ2n) is 5.47. The molecule has 130 valence electrons. The van der Waals surface area contributed by atoms with Crippen LogP contribution >= 0.6 is 0 Å². The van der Waals surface area contributed by atoms with Gasteiger partial charge in [0.2, 0.25) is 0 Å². The van der Waals surface area contributed by atoms with Gasteiger partial charge in [0.25, 0.3) is 5.91 Å². The first-order valence-corrected chi connectivity index (χ1v) is 8.08. The van der Waals surface area contributed by atoms with Gasteiger partial charge in [-0.3, -0.25) is 4.79 Å². The maximum Gasteiger partial charge on any atom is 0.277 e. The molecule has 1 N–H and O–H groups in total. The number of rotatable bonds is 6. The first kappa shape index (κ1) is 17.4. The fourth-order valence-corrected chi connectivity index (χ4v) is 2.38. The van der Waals surface area contributed by atoms with Crippen molar-refractivity contribution in [3.63, 3.8) is 0 Å². The van der Waals surface area contributed by atoms with Gasteiger partial charge in [0.1, 0.15) is 11.6 Å². The molecular weight excluding hydrogens is 331 g/mol. The van der Waals surface area contributed by atoms with Gasteiger partial charge in [-0.1, -0.05) is 66.7 Å². The average molecular weight is 348 g/mol. The number of nitrogens with one attached hydrogen (secondary N) is 1. The number of nitrogens with zero attached hydrogens (tertiary/aromatic N) is 1. The summed E-state index contributed by atoms with van der Waals surface area (Å²) in [6, 6.07) is 23.4.